The Morgan fingerprint density at radius 2 is 1.82 bits per heavy atom. The fourth-order valence-electron chi connectivity index (χ4n) is 6.00. The predicted molar refractivity (Wildman–Crippen MR) is 125 cm³/mol. The molecule has 0 unspecified atom stereocenters. The van der Waals surface area contributed by atoms with E-state index < -0.39 is 36.5 Å². The number of aliphatic hydroxyl groups is 1. The fourth-order valence-corrected chi connectivity index (χ4v) is 6.00. The highest BCUT2D eigenvalue weighted by molar-refractivity contribution is 5.94. The first kappa shape index (κ1) is 26.4. The minimum Gasteiger partial charge on any atom is -0.481 e. The van der Waals surface area contributed by atoms with E-state index in [0.29, 0.717) is 18.5 Å². The number of pyridine rings is 1. The van der Waals surface area contributed by atoms with E-state index >= 15 is 0 Å². The van der Waals surface area contributed by atoms with Crippen LogP contribution in [0.4, 0.5) is 17.6 Å². The first-order valence-corrected chi connectivity index (χ1v) is 12.7. The lowest BCUT2D eigenvalue weighted by Crippen LogP contribution is -2.53. The van der Waals surface area contributed by atoms with Crippen molar-refractivity contribution in [1.29, 1.82) is 0 Å². The molecule has 5 rings (SSSR count). The second-order valence-corrected chi connectivity index (χ2v) is 10.5. The second-order valence-electron chi connectivity index (χ2n) is 10.5. The zero-order valence-corrected chi connectivity index (χ0v) is 20.7. The molecule has 4 heterocycles. The second kappa shape index (κ2) is 9.83. The van der Waals surface area contributed by atoms with E-state index in [-0.39, 0.29) is 59.8 Å². The van der Waals surface area contributed by atoms with Gasteiger partial charge in [0.25, 0.3) is 5.91 Å². The van der Waals surface area contributed by atoms with E-state index in [0.717, 1.165) is 19.0 Å². The van der Waals surface area contributed by atoms with E-state index in [1.54, 1.807) is 4.90 Å². The van der Waals surface area contributed by atoms with Gasteiger partial charge in [-0.3, -0.25) is 14.7 Å². The molecule has 2 aliphatic heterocycles. The van der Waals surface area contributed by atoms with Crippen LogP contribution in [0.3, 0.4) is 0 Å². The summed E-state index contributed by atoms with van der Waals surface area (Å²) in [6.45, 7) is 0. The van der Waals surface area contributed by atoms with Gasteiger partial charge in [0.05, 0.1) is 19.0 Å². The molecule has 9 nitrogen and oxygen atoms in total. The molecule has 1 saturated carbocycles. The summed E-state index contributed by atoms with van der Waals surface area (Å²) in [5.41, 5.74) is -2.09. The summed E-state index contributed by atoms with van der Waals surface area (Å²) in [7, 11) is 1.41. The number of piperidine rings is 1. The summed E-state index contributed by atoms with van der Waals surface area (Å²) in [6.07, 6.45) is -2.09. The number of fused-ring (bicyclic) bond motifs is 2. The van der Waals surface area contributed by atoms with Gasteiger partial charge in [0, 0.05) is 35.7 Å². The standard InChI is InChI=1S/C25H29F4N5O4/c1-38-21-10-17(18(26)12-30-21)19-11-20(33-32-19)23(36)34-15-2-3-16(34)9-13(8-15)22(35)31-14-4-6-24(37,7-5-14)25(27,28)29/h10-16,37H,2-9H2,1H3,(H,31,35)(H,32,33)/t13-,14-,15-,16+,24+. The van der Waals surface area contributed by atoms with Crippen LogP contribution in [0.1, 0.15) is 61.9 Å². The largest absolute Gasteiger partial charge is 0.481 e. The van der Waals surface area contributed by atoms with Crippen molar-refractivity contribution in [3.63, 3.8) is 0 Å². The third-order valence-electron chi connectivity index (χ3n) is 8.15. The summed E-state index contributed by atoms with van der Waals surface area (Å²) < 4.78 is 58.5. The van der Waals surface area contributed by atoms with Crippen LogP contribution in [0.2, 0.25) is 0 Å². The Morgan fingerprint density at radius 1 is 1.16 bits per heavy atom. The molecular formula is C25H29F4N5O4. The number of carbonyl (C=O) groups excluding carboxylic acids is 2. The highest BCUT2D eigenvalue weighted by Gasteiger charge is 2.55. The molecule has 2 aromatic rings. The van der Waals surface area contributed by atoms with Crippen molar-refractivity contribution in [2.45, 2.75) is 81.3 Å². The van der Waals surface area contributed by atoms with Crippen molar-refractivity contribution in [2.24, 2.45) is 5.92 Å². The van der Waals surface area contributed by atoms with Gasteiger partial charge in [-0.05, 0) is 57.4 Å². The topological polar surface area (TPSA) is 120 Å². The van der Waals surface area contributed by atoms with Gasteiger partial charge in [-0.25, -0.2) is 9.37 Å². The number of ether oxygens (including phenoxy) is 1. The van der Waals surface area contributed by atoms with Gasteiger partial charge >= 0.3 is 6.18 Å². The number of hydrogen-bond acceptors (Lipinski definition) is 6. The number of aromatic amines is 1. The Hall–Kier alpha value is -3.22. The third kappa shape index (κ3) is 4.83. The molecule has 2 bridgehead atoms. The van der Waals surface area contributed by atoms with Crippen LogP contribution in [0.25, 0.3) is 11.3 Å². The van der Waals surface area contributed by atoms with Gasteiger partial charge in [-0.1, -0.05) is 0 Å². The Kier molecular flexibility index (Phi) is 6.82. The van der Waals surface area contributed by atoms with Gasteiger partial charge in [0.1, 0.15) is 0 Å². The molecule has 38 heavy (non-hydrogen) atoms. The number of nitrogens with zero attached hydrogens (tertiary/aromatic N) is 3. The number of hydrogen-bond donors (Lipinski definition) is 3. The molecule has 3 aliphatic rings. The average Bonchev–Trinajstić information content (AvgIpc) is 3.47. The maximum absolute atomic E-state index is 14.3. The highest BCUT2D eigenvalue weighted by Crippen LogP contribution is 2.42. The summed E-state index contributed by atoms with van der Waals surface area (Å²) in [6, 6.07) is 2.12. The summed E-state index contributed by atoms with van der Waals surface area (Å²) in [5.74, 6) is -1.26. The summed E-state index contributed by atoms with van der Waals surface area (Å²) in [5, 5.41) is 19.5. The van der Waals surface area contributed by atoms with E-state index in [1.807, 2.05) is 0 Å². The molecule has 3 N–H and O–H groups in total. The smallest absolute Gasteiger partial charge is 0.417 e. The van der Waals surface area contributed by atoms with Crippen molar-refractivity contribution in [3.8, 4) is 17.1 Å². The number of alkyl halides is 3. The normalized spacial score (nSPS) is 29.3. The Balaban J connectivity index is 1.20. The van der Waals surface area contributed by atoms with E-state index in [9.17, 15) is 32.3 Å². The molecule has 0 aromatic carbocycles. The maximum atomic E-state index is 14.3. The van der Waals surface area contributed by atoms with Crippen molar-refractivity contribution < 1.29 is 37.0 Å². The quantitative estimate of drug-likeness (QED) is 0.502. The highest BCUT2D eigenvalue weighted by atomic mass is 19.4. The molecule has 3 atom stereocenters. The van der Waals surface area contributed by atoms with Crippen LogP contribution in [-0.2, 0) is 4.79 Å². The molecule has 3 fully saturated rings. The Morgan fingerprint density at radius 3 is 2.42 bits per heavy atom. The zero-order chi connectivity index (χ0) is 27.2. The first-order valence-electron chi connectivity index (χ1n) is 12.7. The van der Waals surface area contributed by atoms with E-state index in [2.05, 4.69) is 20.5 Å². The molecule has 13 heteroatoms. The SMILES string of the molecule is COc1cc(-c2cc(C(=O)N3[C@@H]4CC[C@H]3C[C@H](C(=O)N[C@H]3CC[C@](O)(C(F)(F)F)CC3)C4)n[nH]2)c(F)cn1. The maximum Gasteiger partial charge on any atom is 0.417 e. The average molecular weight is 540 g/mol. The number of H-pyrrole nitrogens is 1. The van der Waals surface area contributed by atoms with Crippen molar-refractivity contribution in [1.82, 2.24) is 25.4 Å². The molecule has 0 radical (unpaired) electrons. The van der Waals surface area contributed by atoms with Crippen LogP contribution < -0.4 is 10.1 Å². The number of nitrogens with one attached hydrogen (secondary N) is 2. The van der Waals surface area contributed by atoms with Gasteiger partial charge in [0.15, 0.2) is 17.1 Å². The predicted octanol–water partition coefficient (Wildman–Crippen LogP) is 3.35. The van der Waals surface area contributed by atoms with E-state index in [1.165, 1.54) is 19.2 Å². The van der Waals surface area contributed by atoms with E-state index in [4.69, 9.17) is 4.74 Å². The number of carbonyl (C=O) groups is 2. The number of amides is 2. The van der Waals surface area contributed by atoms with Crippen molar-refractivity contribution in [2.75, 3.05) is 7.11 Å². The Labute approximate surface area is 215 Å². The first-order chi connectivity index (χ1) is 18.0. The fraction of sp³-hybridized carbons (Fsp3) is 0.600. The lowest BCUT2D eigenvalue weighted by Gasteiger charge is -2.40. The van der Waals surface area contributed by atoms with Crippen molar-refractivity contribution in [3.05, 3.63) is 29.8 Å². The summed E-state index contributed by atoms with van der Waals surface area (Å²) >= 11 is 0. The van der Waals surface area contributed by atoms with Crippen LogP contribution in [0, 0.1) is 11.7 Å². The van der Waals surface area contributed by atoms with Crippen LogP contribution in [0.5, 0.6) is 5.88 Å². The number of aromatic nitrogens is 3. The van der Waals surface area contributed by atoms with Crippen molar-refractivity contribution >= 4 is 11.8 Å². The molecule has 2 saturated heterocycles. The van der Waals surface area contributed by atoms with Gasteiger partial charge < -0.3 is 20.1 Å². The molecule has 2 aromatic heterocycles. The lowest BCUT2D eigenvalue weighted by atomic mass is 9.81. The van der Waals surface area contributed by atoms with Gasteiger partial charge in [0.2, 0.25) is 11.8 Å². The molecule has 206 valence electrons. The molecule has 1 aliphatic carbocycles. The summed E-state index contributed by atoms with van der Waals surface area (Å²) in [4.78, 5) is 31.9. The molecule has 2 amide bonds. The Bertz CT molecular complexity index is 1200. The third-order valence-corrected chi connectivity index (χ3v) is 8.15. The minimum absolute atomic E-state index is 0.0530. The van der Waals surface area contributed by atoms with Crippen LogP contribution in [-0.4, -0.2) is 74.0 Å². The number of methoxy groups -OCH3 is 1. The number of halogens is 4. The molecule has 0 spiro atoms. The van der Waals surface area contributed by atoms with Crippen LogP contribution >= 0.6 is 0 Å². The zero-order valence-electron chi connectivity index (χ0n) is 20.7. The number of rotatable bonds is 5. The van der Waals surface area contributed by atoms with Gasteiger partial charge in [-0.2, -0.15) is 18.3 Å². The molecular weight excluding hydrogens is 510 g/mol. The minimum atomic E-state index is -4.69. The van der Waals surface area contributed by atoms with Gasteiger partial charge in [-0.15, -0.1) is 0 Å². The lowest BCUT2D eigenvalue weighted by molar-refractivity contribution is -0.270. The monoisotopic (exact) mass is 539 g/mol. The van der Waals surface area contributed by atoms with Crippen LogP contribution in [0.15, 0.2) is 18.3 Å².